The first-order valence-corrected chi connectivity index (χ1v) is 7.61. The van der Waals surface area contributed by atoms with Crippen LogP contribution in [0.3, 0.4) is 0 Å². The number of hydrogen-bond donors (Lipinski definition) is 2. The van der Waals surface area contributed by atoms with Crippen LogP contribution in [0, 0.1) is 5.92 Å². The van der Waals surface area contributed by atoms with E-state index in [1.165, 1.54) is 0 Å². The van der Waals surface area contributed by atoms with Crippen LogP contribution >= 0.6 is 0 Å². The molecular weight excluding hydrogens is 264 g/mol. The van der Waals surface area contributed by atoms with Crippen LogP contribution in [0.2, 0.25) is 0 Å². The van der Waals surface area contributed by atoms with Crippen molar-refractivity contribution in [1.29, 1.82) is 0 Å². The quantitative estimate of drug-likeness (QED) is 0.774. The lowest BCUT2D eigenvalue weighted by Gasteiger charge is -2.20. The zero-order valence-electron chi connectivity index (χ0n) is 13.8. The first kappa shape index (κ1) is 17.5. The number of carbonyl (C=O) groups excluding carboxylic acids is 1. The molecule has 0 fully saturated rings. The van der Waals surface area contributed by atoms with Gasteiger partial charge in [-0.2, -0.15) is 0 Å². The maximum atomic E-state index is 12.0. The minimum atomic E-state index is -0.224. The van der Waals surface area contributed by atoms with Crippen molar-refractivity contribution in [3.8, 4) is 5.75 Å². The molecule has 0 aliphatic rings. The summed E-state index contributed by atoms with van der Waals surface area (Å²) in [6.45, 7) is 8.97. The summed E-state index contributed by atoms with van der Waals surface area (Å²) in [7, 11) is 1.65. The monoisotopic (exact) mass is 292 g/mol. The SMILES string of the molecule is COc1cccc([C@@H](C)NC(C)C(=O)NCCC(C)C)c1. The zero-order chi connectivity index (χ0) is 15.8. The van der Waals surface area contributed by atoms with Gasteiger partial charge in [0.05, 0.1) is 13.2 Å². The van der Waals surface area contributed by atoms with E-state index in [1.54, 1.807) is 7.11 Å². The van der Waals surface area contributed by atoms with E-state index in [2.05, 4.69) is 24.5 Å². The number of nitrogens with one attached hydrogen (secondary N) is 2. The highest BCUT2D eigenvalue weighted by Gasteiger charge is 2.16. The number of methoxy groups -OCH3 is 1. The molecule has 1 aromatic carbocycles. The molecule has 1 rings (SSSR count). The molecule has 4 nitrogen and oxygen atoms in total. The highest BCUT2D eigenvalue weighted by molar-refractivity contribution is 5.81. The van der Waals surface area contributed by atoms with Crippen LogP contribution in [0.1, 0.15) is 45.7 Å². The molecule has 1 unspecified atom stereocenters. The summed E-state index contributed by atoms with van der Waals surface area (Å²) in [5, 5.41) is 6.28. The molecule has 0 saturated carbocycles. The molecule has 0 bridgehead atoms. The van der Waals surface area contributed by atoms with Gasteiger partial charge >= 0.3 is 0 Å². The van der Waals surface area contributed by atoms with Crippen molar-refractivity contribution in [3.05, 3.63) is 29.8 Å². The van der Waals surface area contributed by atoms with E-state index in [4.69, 9.17) is 4.74 Å². The van der Waals surface area contributed by atoms with Crippen molar-refractivity contribution in [1.82, 2.24) is 10.6 Å². The Bertz CT molecular complexity index is 446. The molecule has 0 radical (unpaired) electrons. The van der Waals surface area contributed by atoms with Gasteiger partial charge in [-0.05, 0) is 43.9 Å². The van der Waals surface area contributed by atoms with Gasteiger partial charge in [0, 0.05) is 12.6 Å². The van der Waals surface area contributed by atoms with Crippen molar-refractivity contribution in [2.24, 2.45) is 5.92 Å². The number of hydrogen-bond acceptors (Lipinski definition) is 3. The predicted molar refractivity (Wildman–Crippen MR) is 86.5 cm³/mol. The van der Waals surface area contributed by atoms with Gasteiger partial charge in [-0.25, -0.2) is 0 Å². The van der Waals surface area contributed by atoms with Gasteiger partial charge in [0.25, 0.3) is 0 Å². The Morgan fingerprint density at radius 3 is 2.57 bits per heavy atom. The zero-order valence-corrected chi connectivity index (χ0v) is 13.8. The molecule has 21 heavy (non-hydrogen) atoms. The summed E-state index contributed by atoms with van der Waals surface area (Å²) in [5.41, 5.74) is 1.11. The maximum Gasteiger partial charge on any atom is 0.236 e. The minimum absolute atomic E-state index is 0.0467. The summed E-state index contributed by atoms with van der Waals surface area (Å²) in [6.07, 6.45) is 1.00. The second-order valence-electron chi connectivity index (χ2n) is 5.86. The molecule has 118 valence electrons. The largest absolute Gasteiger partial charge is 0.497 e. The van der Waals surface area contributed by atoms with Crippen LogP contribution in [0.15, 0.2) is 24.3 Å². The third-order valence-electron chi connectivity index (χ3n) is 3.51. The highest BCUT2D eigenvalue weighted by atomic mass is 16.5. The van der Waals surface area contributed by atoms with E-state index in [0.29, 0.717) is 5.92 Å². The molecule has 0 saturated heterocycles. The standard InChI is InChI=1S/C17H28N2O2/c1-12(2)9-10-18-17(20)14(4)19-13(3)15-7-6-8-16(11-15)21-5/h6-8,11-14,19H,9-10H2,1-5H3,(H,18,20)/t13-,14?/m1/s1. The fourth-order valence-electron chi connectivity index (χ4n) is 2.09. The number of benzene rings is 1. The third kappa shape index (κ3) is 6.17. The molecule has 1 aromatic rings. The molecule has 2 atom stereocenters. The van der Waals surface area contributed by atoms with Gasteiger partial charge < -0.3 is 10.1 Å². The predicted octanol–water partition coefficient (Wildman–Crippen LogP) is 2.90. The Morgan fingerprint density at radius 2 is 1.95 bits per heavy atom. The summed E-state index contributed by atoms with van der Waals surface area (Å²) in [6, 6.07) is 7.76. The second-order valence-corrected chi connectivity index (χ2v) is 5.86. The lowest BCUT2D eigenvalue weighted by atomic mass is 10.1. The molecular formula is C17H28N2O2. The van der Waals surface area contributed by atoms with E-state index in [0.717, 1.165) is 24.3 Å². The number of ether oxygens (including phenoxy) is 1. The van der Waals surface area contributed by atoms with E-state index in [-0.39, 0.29) is 18.0 Å². The summed E-state index contributed by atoms with van der Waals surface area (Å²) < 4.78 is 5.23. The van der Waals surface area contributed by atoms with Crippen molar-refractivity contribution in [3.63, 3.8) is 0 Å². The van der Waals surface area contributed by atoms with Crippen LogP contribution < -0.4 is 15.4 Å². The summed E-state index contributed by atoms with van der Waals surface area (Å²) in [4.78, 5) is 12.0. The van der Waals surface area contributed by atoms with E-state index < -0.39 is 0 Å². The lowest BCUT2D eigenvalue weighted by molar-refractivity contribution is -0.122. The van der Waals surface area contributed by atoms with Crippen LogP contribution in [0.4, 0.5) is 0 Å². The number of carbonyl (C=O) groups is 1. The average Bonchev–Trinajstić information content (AvgIpc) is 2.46. The first-order chi connectivity index (χ1) is 9.93. The van der Waals surface area contributed by atoms with Crippen LogP contribution in [-0.2, 0) is 4.79 Å². The minimum Gasteiger partial charge on any atom is -0.497 e. The normalized spacial score (nSPS) is 13.8. The molecule has 0 aliphatic carbocycles. The average molecular weight is 292 g/mol. The van der Waals surface area contributed by atoms with Crippen molar-refractivity contribution >= 4 is 5.91 Å². The van der Waals surface area contributed by atoms with Crippen LogP contribution in [-0.4, -0.2) is 25.6 Å². The molecule has 1 amide bonds. The van der Waals surface area contributed by atoms with Gasteiger partial charge in [-0.3, -0.25) is 10.1 Å². The Morgan fingerprint density at radius 1 is 1.24 bits per heavy atom. The Labute approximate surface area is 128 Å². The van der Waals surface area contributed by atoms with Crippen molar-refractivity contribution in [2.75, 3.05) is 13.7 Å². The molecule has 2 N–H and O–H groups in total. The molecule has 0 spiro atoms. The van der Waals surface area contributed by atoms with Gasteiger partial charge in [0.1, 0.15) is 5.75 Å². The van der Waals surface area contributed by atoms with Crippen LogP contribution in [0.5, 0.6) is 5.75 Å². The Balaban J connectivity index is 2.48. The van der Waals surface area contributed by atoms with Gasteiger partial charge in [0.2, 0.25) is 5.91 Å². The highest BCUT2D eigenvalue weighted by Crippen LogP contribution is 2.19. The van der Waals surface area contributed by atoms with Gasteiger partial charge in [0.15, 0.2) is 0 Å². The topological polar surface area (TPSA) is 50.4 Å². The first-order valence-electron chi connectivity index (χ1n) is 7.61. The lowest BCUT2D eigenvalue weighted by Crippen LogP contribution is -2.43. The summed E-state index contributed by atoms with van der Waals surface area (Å²) in [5.74, 6) is 1.48. The Hall–Kier alpha value is -1.55. The van der Waals surface area contributed by atoms with Gasteiger partial charge in [-0.1, -0.05) is 26.0 Å². The van der Waals surface area contributed by atoms with Crippen molar-refractivity contribution in [2.45, 2.75) is 46.2 Å². The van der Waals surface area contributed by atoms with Crippen LogP contribution in [0.25, 0.3) is 0 Å². The molecule has 0 aromatic heterocycles. The fourth-order valence-corrected chi connectivity index (χ4v) is 2.09. The second kappa shape index (κ2) is 8.67. The summed E-state index contributed by atoms with van der Waals surface area (Å²) >= 11 is 0. The Kier molecular flexibility index (Phi) is 7.23. The fraction of sp³-hybridized carbons (Fsp3) is 0.588. The molecule has 4 heteroatoms. The van der Waals surface area contributed by atoms with E-state index in [1.807, 2.05) is 38.1 Å². The third-order valence-corrected chi connectivity index (χ3v) is 3.51. The van der Waals surface area contributed by atoms with Crippen molar-refractivity contribution < 1.29 is 9.53 Å². The maximum absolute atomic E-state index is 12.0. The van der Waals surface area contributed by atoms with Gasteiger partial charge in [-0.15, -0.1) is 0 Å². The molecule has 0 heterocycles. The smallest absolute Gasteiger partial charge is 0.236 e. The van der Waals surface area contributed by atoms with E-state index >= 15 is 0 Å². The number of amides is 1. The number of rotatable bonds is 8. The van der Waals surface area contributed by atoms with E-state index in [9.17, 15) is 4.79 Å². The molecule has 0 aliphatic heterocycles.